The Hall–Kier alpha value is -2.33. The third-order valence-corrected chi connectivity index (χ3v) is 4.21. The lowest BCUT2D eigenvalue weighted by molar-refractivity contribution is -0.122. The summed E-state index contributed by atoms with van der Waals surface area (Å²) in [5.41, 5.74) is 9.79. The monoisotopic (exact) mass is 312 g/mol. The van der Waals surface area contributed by atoms with E-state index in [1.165, 1.54) is 0 Å². The summed E-state index contributed by atoms with van der Waals surface area (Å²) in [7, 11) is 1.91. The number of carbonyl (C=O) groups excluding carboxylic acids is 1. The zero-order valence-electron chi connectivity index (χ0n) is 13.9. The molecule has 0 aromatic heterocycles. The van der Waals surface area contributed by atoms with Gasteiger partial charge in [-0.05, 0) is 61.7 Å². The highest BCUT2D eigenvalue weighted by Gasteiger charge is 2.23. The molecule has 0 spiro atoms. The molecule has 4 nitrogen and oxygen atoms in total. The van der Waals surface area contributed by atoms with Gasteiger partial charge in [0.1, 0.15) is 5.75 Å². The summed E-state index contributed by atoms with van der Waals surface area (Å²) in [6, 6.07) is 13.1. The Labute approximate surface area is 137 Å². The molecule has 2 aromatic rings. The number of amides is 1. The summed E-state index contributed by atoms with van der Waals surface area (Å²) in [4.78, 5) is 13.9. The zero-order chi connectivity index (χ0) is 17.0. The molecular weight excluding hydrogens is 288 g/mol. The Bertz CT molecular complexity index is 660. The molecule has 2 aromatic carbocycles. The SMILES string of the molecule is Cc1cc(O)cc(C)c1C[C@@H](C(N)=O)N(C)Cc1ccccc1. The van der Waals surface area contributed by atoms with E-state index < -0.39 is 6.04 Å². The number of carbonyl (C=O) groups is 1. The van der Waals surface area contributed by atoms with Crippen LogP contribution >= 0.6 is 0 Å². The first kappa shape index (κ1) is 17.0. The molecule has 0 saturated carbocycles. The van der Waals surface area contributed by atoms with Gasteiger partial charge >= 0.3 is 0 Å². The Morgan fingerprint density at radius 3 is 2.26 bits per heavy atom. The van der Waals surface area contributed by atoms with Gasteiger partial charge < -0.3 is 10.8 Å². The average Bonchev–Trinajstić information content (AvgIpc) is 2.46. The fourth-order valence-corrected chi connectivity index (χ4v) is 2.94. The third kappa shape index (κ3) is 4.33. The molecular formula is C19H24N2O2. The van der Waals surface area contributed by atoms with Gasteiger partial charge in [-0.25, -0.2) is 0 Å². The van der Waals surface area contributed by atoms with E-state index in [1.54, 1.807) is 12.1 Å². The van der Waals surface area contributed by atoms with Crippen LogP contribution in [0.1, 0.15) is 22.3 Å². The number of hydrogen-bond acceptors (Lipinski definition) is 3. The lowest BCUT2D eigenvalue weighted by atomic mass is 9.95. The molecule has 0 aliphatic heterocycles. The number of likely N-dealkylation sites (N-methyl/N-ethyl adjacent to an activating group) is 1. The van der Waals surface area contributed by atoms with Crippen LogP contribution in [0.4, 0.5) is 0 Å². The van der Waals surface area contributed by atoms with Crippen LogP contribution in [-0.4, -0.2) is 29.0 Å². The van der Waals surface area contributed by atoms with E-state index in [-0.39, 0.29) is 11.7 Å². The van der Waals surface area contributed by atoms with Crippen LogP contribution in [0.5, 0.6) is 5.75 Å². The molecule has 0 aliphatic carbocycles. The van der Waals surface area contributed by atoms with Crippen LogP contribution < -0.4 is 5.73 Å². The van der Waals surface area contributed by atoms with Crippen LogP contribution in [-0.2, 0) is 17.8 Å². The molecule has 4 heteroatoms. The maximum absolute atomic E-state index is 12.0. The highest BCUT2D eigenvalue weighted by atomic mass is 16.3. The zero-order valence-corrected chi connectivity index (χ0v) is 13.9. The number of aryl methyl sites for hydroxylation is 2. The van der Waals surface area contributed by atoms with Gasteiger partial charge in [-0.1, -0.05) is 30.3 Å². The van der Waals surface area contributed by atoms with Gasteiger partial charge in [0.05, 0.1) is 6.04 Å². The van der Waals surface area contributed by atoms with Crippen LogP contribution in [0.25, 0.3) is 0 Å². The molecule has 3 N–H and O–H groups in total. The van der Waals surface area contributed by atoms with E-state index in [9.17, 15) is 9.90 Å². The fraction of sp³-hybridized carbons (Fsp3) is 0.316. The molecule has 0 bridgehead atoms. The highest BCUT2D eigenvalue weighted by Crippen LogP contribution is 2.23. The van der Waals surface area contributed by atoms with Crippen molar-refractivity contribution in [3.05, 3.63) is 64.7 Å². The number of hydrogen-bond donors (Lipinski definition) is 2. The Balaban J connectivity index is 2.21. The third-order valence-electron chi connectivity index (χ3n) is 4.21. The van der Waals surface area contributed by atoms with Gasteiger partial charge in [0, 0.05) is 6.54 Å². The molecule has 122 valence electrons. The summed E-state index contributed by atoms with van der Waals surface area (Å²) in [5, 5.41) is 9.66. The number of aromatic hydroxyl groups is 1. The Morgan fingerprint density at radius 1 is 1.17 bits per heavy atom. The van der Waals surface area contributed by atoms with Crippen molar-refractivity contribution >= 4 is 5.91 Å². The van der Waals surface area contributed by atoms with Crippen molar-refractivity contribution in [2.75, 3.05) is 7.05 Å². The van der Waals surface area contributed by atoms with Gasteiger partial charge in [0.25, 0.3) is 0 Å². The molecule has 1 amide bonds. The van der Waals surface area contributed by atoms with Crippen molar-refractivity contribution in [3.63, 3.8) is 0 Å². The number of phenolic OH excluding ortho intramolecular Hbond substituents is 1. The minimum absolute atomic E-state index is 0.247. The van der Waals surface area contributed by atoms with Crippen molar-refractivity contribution in [2.45, 2.75) is 32.9 Å². The van der Waals surface area contributed by atoms with Gasteiger partial charge in [0.15, 0.2) is 0 Å². The molecule has 0 aliphatic rings. The van der Waals surface area contributed by atoms with Gasteiger partial charge in [-0.2, -0.15) is 0 Å². The second kappa shape index (κ2) is 7.29. The maximum Gasteiger partial charge on any atom is 0.235 e. The second-order valence-electron chi connectivity index (χ2n) is 6.08. The van der Waals surface area contributed by atoms with Crippen LogP contribution in [0.15, 0.2) is 42.5 Å². The molecule has 0 heterocycles. The number of nitrogens with two attached hydrogens (primary N) is 1. The smallest absolute Gasteiger partial charge is 0.235 e. The van der Waals surface area contributed by atoms with E-state index in [2.05, 4.69) is 0 Å². The standard InChI is InChI=1S/C19H24N2O2/c1-13-9-16(22)10-14(2)17(13)11-18(19(20)23)21(3)12-15-7-5-4-6-8-15/h4-10,18,22H,11-12H2,1-3H3,(H2,20,23)/t18-/m0/s1. The normalized spacial score (nSPS) is 12.3. The minimum atomic E-state index is -0.392. The lowest BCUT2D eigenvalue weighted by Gasteiger charge is -2.27. The summed E-state index contributed by atoms with van der Waals surface area (Å²) in [6.07, 6.45) is 0.538. The number of nitrogens with zero attached hydrogens (tertiary/aromatic N) is 1. The van der Waals surface area contributed by atoms with E-state index in [1.807, 2.05) is 56.1 Å². The fourth-order valence-electron chi connectivity index (χ4n) is 2.94. The average molecular weight is 312 g/mol. The van der Waals surface area contributed by atoms with E-state index in [4.69, 9.17) is 5.73 Å². The predicted molar refractivity (Wildman–Crippen MR) is 92.2 cm³/mol. The first-order valence-corrected chi connectivity index (χ1v) is 7.71. The number of primary amides is 1. The first-order chi connectivity index (χ1) is 10.9. The van der Waals surface area contributed by atoms with Gasteiger partial charge in [-0.15, -0.1) is 0 Å². The summed E-state index contributed by atoms with van der Waals surface area (Å²) in [5.74, 6) is -0.0904. The molecule has 23 heavy (non-hydrogen) atoms. The quantitative estimate of drug-likeness (QED) is 0.861. The Kier molecular flexibility index (Phi) is 5.40. The molecule has 0 saturated heterocycles. The summed E-state index contributed by atoms with van der Waals surface area (Å²) < 4.78 is 0. The topological polar surface area (TPSA) is 66.6 Å². The molecule has 0 radical (unpaired) electrons. The van der Waals surface area contributed by atoms with Gasteiger partial charge in [-0.3, -0.25) is 9.69 Å². The second-order valence-corrected chi connectivity index (χ2v) is 6.08. The van der Waals surface area contributed by atoms with Crippen molar-refractivity contribution in [2.24, 2.45) is 5.73 Å². The highest BCUT2D eigenvalue weighted by molar-refractivity contribution is 5.80. The molecule has 0 unspecified atom stereocenters. The van der Waals surface area contributed by atoms with Crippen molar-refractivity contribution in [1.82, 2.24) is 4.90 Å². The van der Waals surface area contributed by atoms with Gasteiger partial charge in [0.2, 0.25) is 5.91 Å². The minimum Gasteiger partial charge on any atom is -0.508 e. The van der Waals surface area contributed by atoms with Crippen molar-refractivity contribution in [3.8, 4) is 5.75 Å². The summed E-state index contributed by atoms with van der Waals surface area (Å²) in [6.45, 7) is 4.54. The molecule has 1 atom stereocenters. The number of rotatable bonds is 6. The van der Waals surface area contributed by atoms with Crippen LogP contribution in [0.3, 0.4) is 0 Å². The van der Waals surface area contributed by atoms with E-state index in [0.29, 0.717) is 13.0 Å². The Morgan fingerprint density at radius 2 is 1.74 bits per heavy atom. The van der Waals surface area contributed by atoms with Crippen molar-refractivity contribution in [1.29, 1.82) is 0 Å². The predicted octanol–water partition coefficient (Wildman–Crippen LogP) is 2.54. The van der Waals surface area contributed by atoms with Crippen LogP contribution in [0, 0.1) is 13.8 Å². The lowest BCUT2D eigenvalue weighted by Crippen LogP contribution is -2.44. The van der Waals surface area contributed by atoms with Crippen LogP contribution in [0.2, 0.25) is 0 Å². The largest absolute Gasteiger partial charge is 0.508 e. The molecule has 2 rings (SSSR count). The maximum atomic E-state index is 12.0. The number of benzene rings is 2. The molecule has 0 fully saturated rings. The number of phenols is 1. The van der Waals surface area contributed by atoms with E-state index >= 15 is 0 Å². The summed E-state index contributed by atoms with van der Waals surface area (Å²) >= 11 is 0. The first-order valence-electron chi connectivity index (χ1n) is 7.71. The van der Waals surface area contributed by atoms with Crippen molar-refractivity contribution < 1.29 is 9.90 Å². The van der Waals surface area contributed by atoms with E-state index in [0.717, 1.165) is 22.3 Å².